The normalized spacial score (nSPS) is 10.5. The first kappa shape index (κ1) is 13.1. The molecular weight excluding hydrogens is 264 g/mol. The molecule has 0 spiro atoms. The van der Waals surface area contributed by atoms with Crippen molar-refractivity contribution in [3.63, 3.8) is 0 Å². The summed E-state index contributed by atoms with van der Waals surface area (Å²) in [6.07, 6.45) is 0. The lowest BCUT2D eigenvalue weighted by Gasteiger charge is -2.06. The number of aromatic nitrogens is 1. The molecule has 21 heavy (non-hydrogen) atoms. The van der Waals surface area contributed by atoms with Crippen molar-refractivity contribution in [3.8, 4) is 0 Å². The van der Waals surface area contributed by atoms with E-state index in [1.807, 2.05) is 43.3 Å². The molecule has 4 nitrogen and oxygen atoms in total. The van der Waals surface area contributed by atoms with E-state index in [1.54, 1.807) is 18.2 Å². The Morgan fingerprint density at radius 1 is 1.05 bits per heavy atom. The van der Waals surface area contributed by atoms with E-state index >= 15 is 0 Å². The molecular formula is C17H14N2O2. The quantitative estimate of drug-likeness (QED) is 0.756. The standard InChI is InChI=1S/C17H14N2O2/c1-11-7-8-12-10-15(19-16(20)14(12)9-11)17(21)18-13-5-3-2-4-6-13/h2-10H,1H3,(H,18,21)(H,19,20). The SMILES string of the molecule is Cc1ccc2cc(C(=O)Nc3ccccc3)[nH]c(=O)c2c1. The summed E-state index contributed by atoms with van der Waals surface area (Å²) in [5.74, 6) is -0.333. The van der Waals surface area contributed by atoms with Crippen LogP contribution in [0, 0.1) is 6.92 Å². The minimum Gasteiger partial charge on any atom is -0.321 e. The van der Waals surface area contributed by atoms with E-state index in [2.05, 4.69) is 10.3 Å². The number of fused-ring (bicyclic) bond motifs is 1. The van der Waals surface area contributed by atoms with Gasteiger partial charge < -0.3 is 10.3 Å². The number of amides is 1. The second-order valence-electron chi connectivity index (χ2n) is 4.92. The van der Waals surface area contributed by atoms with E-state index in [-0.39, 0.29) is 17.2 Å². The van der Waals surface area contributed by atoms with Crippen LogP contribution in [0.1, 0.15) is 16.1 Å². The van der Waals surface area contributed by atoms with Crippen LogP contribution in [0.25, 0.3) is 10.8 Å². The number of hydrogen-bond acceptors (Lipinski definition) is 2. The van der Waals surface area contributed by atoms with E-state index in [1.165, 1.54) is 0 Å². The third-order valence-electron chi connectivity index (χ3n) is 3.28. The zero-order valence-electron chi connectivity index (χ0n) is 11.5. The largest absolute Gasteiger partial charge is 0.321 e. The predicted molar refractivity (Wildman–Crippen MR) is 83.7 cm³/mol. The third kappa shape index (κ3) is 2.69. The van der Waals surface area contributed by atoms with Crippen molar-refractivity contribution in [1.82, 2.24) is 4.98 Å². The highest BCUT2D eigenvalue weighted by atomic mass is 16.2. The van der Waals surface area contributed by atoms with Gasteiger partial charge in [0.05, 0.1) is 0 Å². The number of benzene rings is 2. The van der Waals surface area contributed by atoms with Gasteiger partial charge in [0.1, 0.15) is 5.69 Å². The smallest absolute Gasteiger partial charge is 0.272 e. The van der Waals surface area contributed by atoms with Crippen LogP contribution in [0.2, 0.25) is 0 Å². The zero-order valence-corrected chi connectivity index (χ0v) is 11.5. The molecule has 1 amide bonds. The first-order valence-corrected chi connectivity index (χ1v) is 6.63. The Morgan fingerprint density at radius 3 is 2.57 bits per heavy atom. The molecule has 0 unspecified atom stereocenters. The molecule has 0 saturated heterocycles. The number of carbonyl (C=O) groups is 1. The molecule has 4 heteroatoms. The number of aromatic amines is 1. The van der Waals surface area contributed by atoms with Gasteiger partial charge in [-0.25, -0.2) is 0 Å². The summed E-state index contributed by atoms with van der Waals surface area (Å²) in [5, 5.41) is 4.09. The fourth-order valence-electron chi connectivity index (χ4n) is 2.22. The van der Waals surface area contributed by atoms with Crippen molar-refractivity contribution in [3.05, 3.63) is 76.2 Å². The van der Waals surface area contributed by atoms with Gasteiger partial charge in [-0.15, -0.1) is 0 Å². The summed E-state index contributed by atoms with van der Waals surface area (Å²) >= 11 is 0. The molecule has 0 radical (unpaired) electrons. The van der Waals surface area contributed by atoms with Gasteiger partial charge in [-0.05, 0) is 36.6 Å². The van der Waals surface area contributed by atoms with Crippen molar-refractivity contribution in [2.75, 3.05) is 5.32 Å². The molecule has 0 atom stereocenters. The molecule has 0 aliphatic heterocycles. The Morgan fingerprint density at radius 2 is 1.81 bits per heavy atom. The van der Waals surface area contributed by atoms with Gasteiger partial charge in [0.2, 0.25) is 0 Å². The van der Waals surface area contributed by atoms with Gasteiger partial charge >= 0.3 is 0 Å². The fourth-order valence-corrected chi connectivity index (χ4v) is 2.22. The lowest BCUT2D eigenvalue weighted by Crippen LogP contribution is -2.18. The third-order valence-corrected chi connectivity index (χ3v) is 3.28. The van der Waals surface area contributed by atoms with Crippen molar-refractivity contribution in [2.45, 2.75) is 6.92 Å². The van der Waals surface area contributed by atoms with Gasteiger partial charge in [-0.3, -0.25) is 9.59 Å². The Bertz CT molecular complexity index is 867. The van der Waals surface area contributed by atoms with E-state index in [0.29, 0.717) is 11.1 Å². The van der Waals surface area contributed by atoms with Crippen LogP contribution >= 0.6 is 0 Å². The number of pyridine rings is 1. The van der Waals surface area contributed by atoms with E-state index < -0.39 is 0 Å². The zero-order chi connectivity index (χ0) is 14.8. The van der Waals surface area contributed by atoms with Gasteiger partial charge in [-0.2, -0.15) is 0 Å². The average molecular weight is 278 g/mol. The topological polar surface area (TPSA) is 62.0 Å². The summed E-state index contributed by atoms with van der Waals surface area (Å²) in [6.45, 7) is 1.93. The Balaban J connectivity index is 1.99. The number of aryl methyl sites for hydroxylation is 1. The molecule has 0 aliphatic rings. The summed E-state index contributed by atoms with van der Waals surface area (Å²) in [5.41, 5.74) is 1.69. The number of carbonyl (C=O) groups excluding carboxylic acids is 1. The lowest BCUT2D eigenvalue weighted by molar-refractivity contribution is 0.102. The van der Waals surface area contributed by atoms with Crippen LogP contribution in [0.3, 0.4) is 0 Å². The van der Waals surface area contributed by atoms with Gasteiger partial charge in [-0.1, -0.05) is 35.9 Å². The number of rotatable bonds is 2. The van der Waals surface area contributed by atoms with E-state index in [0.717, 1.165) is 10.9 Å². The lowest BCUT2D eigenvalue weighted by atomic mass is 10.1. The van der Waals surface area contributed by atoms with Crippen LogP contribution in [-0.2, 0) is 0 Å². The minimum absolute atomic E-state index is 0.250. The molecule has 2 aromatic carbocycles. The monoisotopic (exact) mass is 278 g/mol. The van der Waals surface area contributed by atoms with Crippen LogP contribution in [0.5, 0.6) is 0 Å². The van der Waals surface area contributed by atoms with Crippen molar-refractivity contribution in [1.29, 1.82) is 0 Å². The highest BCUT2D eigenvalue weighted by molar-refractivity contribution is 6.04. The number of hydrogen-bond donors (Lipinski definition) is 2. The summed E-state index contributed by atoms with van der Waals surface area (Å²) < 4.78 is 0. The summed E-state index contributed by atoms with van der Waals surface area (Å²) in [6, 6.07) is 16.4. The second kappa shape index (κ2) is 5.25. The molecule has 0 bridgehead atoms. The molecule has 1 aromatic heterocycles. The van der Waals surface area contributed by atoms with Crippen LogP contribution < -0.4 is 10.9 Å². The first-order valence-electron chi connectivity index (χ1n) is 6.63. The number of H-pyrrole nitrogens is 1. The average Bonchev–Trinajstić information content (AvgIpc) is 2.49. The van der Waals surface area contributed by atoms with E-state index in [9.17, 15) is 9.59 Å². The first-order chi connectivity index (χ1) is 10.1. The molecule has 3 rings (SSSR count). The highest BCUT2D eigenvalue weighted by Gasteiger charge is 2.09. The summed E-state index contributed by atoms with van der Waals surface area (Å²) in [4.78, 5) is 26.9. The molecule has 1 heterocycles. The van der Waals surface area contributed by atoms with Gasteiger partial charge in [0.15, 0.2) is 0 Å². The molecule has 104 valence electrons. The van der Waals surface area contributed by atoms with Crippen LogP contribution in [0.4, 0.5) is 5.69 Å². The maximum Gasteiger partial charge on any atom is 0.272 e. The minimum atomic E-state index is -0.333. The fraction of sp³-hybridized carbons (Fsp3) is 0.0588. The van der Waals surface area contributed by atoms with Crippen LogP contribution in [-0.4, -0.2) is 10.9 Å². The molecule has 3 aromatic rings. The molecule has 0 aliphatic carbocycles. The van der Waals surface area contributed by atoms with Gasteiger partial charge in [0.25, 0.3) is 11.5 Å². The number of nitrogens with one attached hydrogen (secondary N) is 2. The van der Waals surface area contributed by atoms with Crippen molar-refractivity contribution < 1.29 is 4.79 Å². The van der Waals surface area contributed by atoms with Crippen molar-refractivity contribution in [2.24, 2.45) is 0 Å². The van der Waals surface area contributed by atoms with Crippen LogP contribution in [0.15, 0.2) is 59.4 Å². The van der Waals surface area contributed by atoms with Gasteiger partial charge in [0, 0.05) is 11.1 Å². The molecule has 2 N–H and O–H groups in total. The van der Waals surface area contributed by atoms with E-state index in [4.69, 9.17) is 0 Å². The second-order valence-corrected chi connectivity index (χ2v) is 4.92. The maximum atomic E-state index is 12.2. The Kier molecular flexibility index (Phi) is 3.28. The number of anilines is 1. The molecule has 0 fully saturated rings. The summed E-state index contributed by atoms with van der Waals surface area (Å²) in [7, 11) is 0. The van der Waals surface area contributed by atoms with Crippen molar-refractivity contribution >= 4 is 22.4 Å². The number of para-hydroxylation sites is 1. The highest BCUT2D eigenvalue weighted by Crippen LogP contribution is 2.14. The Labute approximate surface area is 121 Å². The Hall–Kier alpha value is -2.88. The molecule has 0 saturated carbocycles. The predicted octanol–water partition coefficient (Wildman–Crippen LogP) is 3.09. The maximum absolute atomic E-state index is 12.2.